The van der Waals surface area contributed by atoms with Crippen molar-refractivity contribution in [3.8, 4) is 112 Å². The van der Waals surface area contributed by atoms with Crippen molar-refractivity contribution in [2.75, 3.05) is 9.80 Å². The molecule has 0 amide bonds. The summed E-state index contributed by atoms with van der Waals surface area (Å²) in [5.41, 5.74) is 35.4. The number of fused-ring (bicyclic) bond motifs is 18. The molecule has 0 unspecified atom stereocenters. The third-order valence-electron chi connectivity index (χ3n) is 23.3. The van der Waals surface area contributed by atoms with E-state index in [0.29, 0.717) is 0 Å². The Labute approximate surface area is 660 Å². The monoisotopic (exact) mass is 1450 g/mol. The molecule has 0 spiro atoms. The maximum atomic E-state index is 4.72. The van der Waals surface area contributed by atoms with Crippen molar-refractivity contribution in [2.24, 2.45) is 0 Å². The molecule has 0 N–H and O–H groups in total. The predicted octanol–water partition coefficient (Wildman–Crippen LogP) is 29.2. The molecule has 114 heavy (non-hydrogen) atoms. The summed E-state index contributed by atoms with van der Waals surface area (Å²) in [6.07, 6.45) is 7.97. The van der Waals surface area contributed by atoms with Crippen LogP contribution in [0, 0.1) is 0 Å². The molecule has 6 heteroatoms. The largest absolute Gasteiger partial charge is 0.311 e. The fraction of sp³-hybridized carbons (Fsp3) is 0. The van der Waals surface area contributed by atoms with Gasteiger partial charge < -0.3 is 18.9 Å². The molecule has 0 atom stereocenters. The Morgan fingerprint density at radius 1 is 0.184 bits per heavy atom. The summed E-state index contributed by atoms with van der Waals surface area (Å²) in [6.45, 7) is 0. The highest BCUT2D eigenvalue weighted by molar-refractivity contribution is 6.26. The van der Waals surface area contributed by atoms with Crippen LogP contribution in [0.15, 0.2) is 425 Å². The molecule has 0 saturated carbocycles. The van der Waals surface area contributed by atoms with Gasteiger partial charge in [-0.3, -0.25) is 9.97 Å². The summed E-state index contributed by atoms with van der Waals surface area (Å²) in [5, 5.41) is 10.0. The maximum absolute atomic E-state index is 4.72. The van der Waals surface area contributed by atoms with Gasteiger partial charge in [0, 0.05) is 114 Å². The summed E-state index contributed by atoms with van der Waals surface area (Å²) in [7, 11) is 0. The molecule has 532 valence electrons. The van der Waals surface area contributed by atoms with Gasteiger partial charge in [0.2, 0.25) is 0 Å². The van der Waals surface area contributed by atoms with Gasteiger partial charge in [0.25, 0.3) is 0 Å². The van der Waals surface area contributed by atoms with E-state index in [1.807, 2.05) is 12.4 Å². The van der Waals surface area contributed by atoms with Gasteiger partial charge in [0.05, 0.1) is 22.1 Å². The number of hydrogen-bond donors (Lipinski definition) is 0. The van der Waals surface area contributed by atoms with Crippen LogP contribution in [0.5, 0.6) is 0 Å². The fourth-order valence-corrected chi connectivity index (χ4v) is 18.2. The first kappa shape index (κ1) is 65.8. The zero-order valence-corrected chi connectivity index (χ0v) is 62.1. The van der Waals surface area contributed by atoms with Crippen LogP contribution in [0.4, 0.5) is 34.1 Å². The van der Waals surface area contributed by atoms with Gasteiger partial charge in [0.1, 0.15) is 0 Å². The lowest BCUT2D eigenvalue weighted by molar-refractivity contribution is 1.17. The van der Waals surface area contributed by atoms with E-state index in [1.165, 1.54) is 154 Å². The van der Waals surface area contributed by atoms with Crippen LogP contribution in [0.3, 0.4) is 0 Å². The van der Waals surface area contributed by atoms with E-state index in [0.717, 1.165) is 56.6 Å². The van der Waals surface area contributed by atoms with E-state index in [2.05, 4.69) is 432 Å². The Balaban J connectivity index is 0.000000140. The molecule has 4 heterocycles. The zero-order chi connectivity index (χ0) is 75.2. The molecular weight excluding hydrogens is 1380 g/mol. The fourth-order valence-electron chi connectivity index (χ4n) is 18.2. The molecule has 0 saturated heterocycles. The van der Waals surface area contributed by atoms with Crippen LogP contribution >= 0.6 is 0 Å². The van der Waals surface area contributed by atoms with Crippen molar-refractivity contribution in [1.82, 2.24) is 19.1 Å². The second-order valence-electron chi connectivity index (χ2n) is 29.5. The van der Waals surface area contributed by atoms with E-state index in [-0.39, 0.29) is 0 Å². The first-order valence-corrected chi connectivity index (χ1v) is 39.0. The third-order valence-corrected chi connectivity index (χ3v) is 23.3. The SMILES string of the molecule is c1ccc(-c2ccc(N(c3ccc(-c4ccccc4)cc3)c3ccc(-n4c5ccccc5c5c6c(ccc54)-c4cccc5cccc(c45)-c4ccncc4-6)cc3)cc2)cc1.c1ccc(-c2ccc(N(c3ccccc3)c3ccc(-n4c5ccccc5c5c6c(ccc54)-c4cccc5cccc(c45)-c4ccncc4-6)cc3)cc2)cc1. The standard InChI is InChI=1S/C57H37N3.C51H33N3/c1-3-11-38(12-4-1)40-21-25-43(26-22-40)59(44-27-23-41(24-28-44)39-13-5-2-6-14-39)45-29-31-46(32-30-45)60-53-20-8-7-17-51(53)57-54(60)34-33-50-49-19-10-16-42-15-9-18-48(55(42)49)47-35-36-58-37-52(47)56(50)57;1-3-11-34(12-4-1)35-21-23-38(24-22-35)53(37-15-5-2-6-16-37)39-25-27-40(28-26-39)54-47-20-8-7-17-45(47)51-48(54)30-29-44-43-19-10-14-36-13-9-18-42(49(36)43)41-31-32-52-33-46(41)50(44)51/h1-37H;1-33H. The molecule has 17 aromatic carbocycles. The Kier molecular flexibility index (Phi) is 15.8. The van der Waals surface area contributed by atoms with Crippen molar-refractivity contribution in [3.63, 3.8) is 0 Å². The van der Waals surface area contributed by atoms with Crippen molar-refractivity contribution in [1.29, 1.82) is 0 Å². The minimum absolute atomic E-state index is 1.08. The maximum Gasteiger partial charge on any atom is 0.0547 e. The average molecular weight is 1450 g/mol. The van der Waals surface area contributed by atoms with Crippen molar-refractivity contribution in [2.45, 2.75) is 0 Å². The van der Waals surface area contributed by atoms with Gasteiger partial charge in [-0.15, -0.1) is 0 Å². The Morgan fingerprint density at radius 3 is 0.842 bits per heavy atom. The number of para-hydroxylation sites is 3. The lowest BCUT2D eigenvalue weighted by Crippen LogP contribution is -2.10. The van der Waals surface area contributed by atoms with Crippen molar-refractivity contribution >= 4 is 99.3 Å². The Hall–Kier alpha value is -15.2. The minimum atomic E-state index is 1.08. The van der Waals surface area contributed by atoms with Gasteiger partial charge >= 0.3 is 0 Å². The number of aromatic nitrogens is 4. The Bertz CT molecular complexity index is 7190. The summed E-state index contributed by atoms with van der Waals surface area (Å²) >= 11 is 0. The highest BCUT2D eigenvalue weighted by Crippen LogP contribution is 2.55. The lowest BCUT2D eigenvalue weighted by atomic mass is 9.91. The van der Waals surface area contributed by atoms with E-state index in [4.69, 9.17) is 9.97 Å². The van der Waals surface area contributed by atoms with Gasteiger partial charge in [-0.25, -0.2) is 0 Å². The number of rotatable bonds is 11. The van der Waals surface area contributed by atoms with Gasteiger partial charge in [0.15, 0.2) is 0 Å². The first-order valence-electron chi connectivity index (χ1n) is 39.0. The zero-order valence-electron chi connectivity index (χ0n) is 62.1. The number of benzene rings is 17. The summed E-state index contributed by atoms with van der Waals surface area (Å²) in [5.74, 6) is 0. The van der Waals surface area contributed by atoms with Crippen LogP contribution in [0.25, 0.3) is 177 Å². The van der Waals surface area contributed by atoms with Crippen molar-refractivity contribution in [3.05, 3.63) is 425 Å². The smallest absolute Gasteiger partial charge is 0.0547 e. The molecule has 21 aromatic rings. The second kappa shape index (κ2) is 27.4. The quantitative estimate of drug-likeness (QED) is 0.129. The highest BCUT2D eigenvalue weighted by atomic mass is 15.1. The molecule has 0 fully saturated rings. The van der Waals surface area contributed by atoms with Crippen molar-refractivity contribution < 1.29 is 0 Å². The molecule has 4 aromatic heterocycles. The molecule has 2 aliphatic rings. The number of nitrogens with zero attached hydrogens (tertiary/aromatic N) is 6. The average Bonchev–Trinajstić information content (AvgIpc) is 1.56. The van der Waals surface area contributed by atoms with Gasteiger partial charge in [-0.05, 0) is 233 Å². The molecule has 0 aliphatic heterocycles. The Morgan fingerprint density at radius 2 is 0.482 bits per heavy atom. The molecule has 0 bridgehead atoms. The molecular formula is C108H70N6. The minimum Gasteiger partial charge on any atom is -0.311 e. The van der Waals surface area contributed by atoms with Crippen LogP contribution in [0.2, 0.25) is 0 Å². The van der Waals surface area contributed by atoms with E-state index < -0.39 is 0 Å². The number of anilines is 6. The molecule has 23 rings (SSSR count). The number of pyridine rings is 2. The second-order valence-corrected chi connectivity index (χ2v) is 29.5. The van der Waals surface area contributed by atoms with E-state index in [1.54, 1.807) is 0 Å². The summed E-state index contributed by atoms with van der Waals surface area (Å²) in [6, 6.07) is 145. The van der Waals surface area contributed by atoms with E-state index in [9.17, 15) is 0 Å². The highest BCUT2D eigenvalue weighted by Gasteiger charge is 2.30. The first-order chi connectivity index (χ1) is 56.6. The van der Waals surface area contributed by atoms with E-state index >= 15 is 0 Å². The van der Waals surface area contributed by atoms with Gasteiger partial charge in [-0.2, -0.15) is 0 Å². The topological polar surface area (TPSA) is 42.1 Å². The molecule has 6 nitrogen and oxygen atoms in total. The van der Waals surface area contributed by atoms with Gasteiger partial charge in [-0.1, -0.05) is 267 Å². The van der Waals surface area contributed by atoms with Crippen LogP contribution in [-0.2, 0) is 0 Å². The molecule has 0 radical (unpaired) electrons. The number of hydrogen-bond acceptors (Lipinski definition) is 4. The summed E-state index contributed by atoms with van der Waals surface area (Å²) in [4.78, 5) is 14.1. The lowest BCUT2D eigenvalue weighted by Gasteiger charge is -2.26. The normalized spacial score (nSPS) is 11.7. The van der Waals surface area contributed by atoms with Crippen LogP contribution < -0.4 is 9.80 Å². The third kappa shape index (κ3) is 10.9. The van der Waals surface area contributed by atoms with Crippen LogP contribution in [0.1, 0.15) is 0 Å². The molecule has 2 aliphatic carbocycles. The summed E-state index contributed by atoms with van der Waals surface area (Å²) < 4.78 is 4.85. The van der Waals surface area contributed by atoms with Crippen LogP contribution in [-0.4, -0.2) is 19.1 Å². The predicted molar refractivity (Wildman–Crippen MR) is 478 cm³/mol.